The first kappa shape index (κ1) is 12.1. The van der Waals surface area contributed by atoms with E-state index in [0.717, 1.165) is 49.7 Å². The fourth-order valence-electron chi connectivity index (χ4n) is 3.21. The SMILES string of the molecule is CC(C)c1noc(CN2CC3CNCC3C2C)n1. The summed E-state index contributed by atoms with van der Waals surface area (Å²) in [5, 5.41) is 7.51. The Morgan fingerprint density at radius 3 is 2.94 bits per heavy atom. The molecule has 0 aromatic carbocycles. The molecule has 5 heteroatoms. The molecular weight excluding hydrogens is 228 g/mol. The molecule has 2 saturated heterocycles. The van der Waals surface area contributed by atoms with Gasteiger partial charge in [0.15, 0.2) is 5.82 Å². The normalized spacial score (nSPS) is 32.3. The molecule has 1 aromatic heterocycles. The van der Waals surface area contributed by atoms with Crippen LogP contribution in [0.2, 0.25) is 0 Å². The van der Waals surface area contributed by atoms with E-state index in [4.69, 9.17) is 4.52 Å². The van der Waals surface area contributed by atoms with E-state index >= 15 is 0 Å². The molecule has 3 heterocycles. The lowest BCUT2D eigenvalue weighted by atomic mass is 9.95. The molecule has 2 aliphatic rings. The van der Waals surface area contributed by atoms with E-state index in [1.807, 2.05) is 0 Å². The average Bonchev–Trinajstić information content (AvgIpc) is 2.99. The predicted octanol–water partition coefficient (Wildman–Crippen LogP) is 1.23. The van der Waals surface area contributed by atoms with Crippen LogP contribution in [0, 0.1) is 11.8 Å². The van der Waals surface area contributed by atoms with Crippen molar-refractivity contribution in [3.8, 4) is 0 Å². The zero-order valence-electron chi connectivity index (χ0n) is 11.4. The molecule has 0 spiro atoms. The van der Waals surface area contributed by atoms with E-state index in [1.165, 1.54) is 0 Å². The van der Waals surface area contributed by atoms with Crippen molar-refractivity contribution < 1.29 is 4.52 Å². The lowest BCUT2D eigenvalue weighted by molar-refractivity contribution is 0.200. The van der Waals surface area contributed by atoms with Crippen LogP contribution in [0.5, 0.6) is 0 Å². The van der Waals surface area contributed by atoms with Crippen LogP contribution in [0.3, 0.4) is 0 Å². The Balaban J connectivity index is 1.66. The molecule has 0 saturated carbocycles. The number of rotatable bonds is 3. The van der Waals surface area contributed by atoms with Gasteiger partial charge in [-0.25, -0.2) is 0 Å². The molecule has 2 aliphatic heterocycles. The third-order valence-corrected chi connectivity index (χ3v) is 4.40. The Bertz CT molecular complexity index is 417. The molecule has 5 nitrogen and oxygen atoms in total. The van der Waals surface area contributed by atoms with Gasteiger partial charge in [-0.15, -0.1) is 0 Å². The van der Waals surface area contributed by atoms with Crippen molar-refractivity contribution in [2.75, 3.05) is 19.6 Å². The Kier molecular flexibility index (Phi) is 3.11. The van der Waals surface area contributed by atoms with E-state index in [1.54, 1.807) is 0 Å². The lowest BCUT2D eigenvalue weighted by Gasteiger charge is -2.22. The maximum atomic E-state index is 5.34. The standard InChI is InChI=1S/C13H22N4O/c1-8(2)13-15-12(18-16-13)7-17-6-10-4-14-5-11(10)9(17)3/h8-11,14H,4-7H2,1-3H3. The van der Waals surface area contributed by atoms with Gasteiger partial charge in [0.2, 0.25) is 5.89 Å². The minimum Gasteiger partial charge on any atom is -0.338 e. The Hall–Kier alpha value is -0.940. The van der Waals surface area contributed by atoms with Gasteiger partial charge in [-0.2, -0.15) is 4.98 Å². The van der Waals surface area contributed by atoms with Crippen LogP contribution in [-0.2, 0) is 6.54 Å². The Morgan fingerprint density at radius 2 is 2.28 bits per heavy atom. The molecule has 1 aromatic rings. The van der Waals surface area contributed by atoms with Crippen molar-refractivity contribution in [3.63, 3.8) is 0 Å². The lowest BCUT2D eigenvalue weighted by Crippen LogP contribution is -2.32. The van der Waals surface area contributed by atoms with Gasteiger partial charge in [-0.1, -0.05) is 19.0 Å². The van der Waals surface area contributed by atoms with Gasteiger partial charge in [-0.3, -0.25) is 4.90 Å². The third kappa shape index (κ3) is 2.06. The van der Waals surface area contributed by atoms with Crippen LogP contribution >= 0.6 is 0 Å². The second kappa shape index (κ2) is 4.63. The van der Waals surface area contributed by atoms with E-state index in [9.17, 15) is 0 Å². The highest BCUT2D eigenvalue weighted by atomic mass is 16.5. The Morgan fingerprint density at radius 1 is 1.44 bits per heavy atom. The zero-order valence-corrected chi connectivity index (χ0v) is 11.4. The molecule has 3 unspecified atom stereocenters. The summed E-state index contributed by atoms with van der Waals surface area (Å²) >= 11 is 0. The van der Waals surface area contributed by atoms with Crippen molar-refractivity contribution in [1.29, 1.82) is 0 Å². The molecule has 0 aliphatic carbocycles. The summed E-state index contributed by atoms with van der Waals surface area (Å²) in [6.45, 7) is 10.8. The first-order valence-corrected chi connectivity index (χ1v) is 6.92. The van der Waals surface area contributed by atoms with Gasteiger partial charge < -0.3 is 9.84 Å². The molecule has 1 N–H and O–H groups in total. The van der Waals surface area contributed by atoms with Crippen LogP contribution < -0.4 is 5.32 Å². The van der Waals surface area contributed by atoms with Gasteiger partial charge >= 0.3 is 0 Å². The van der Waals surface area contributed by atoms with Crippen molar-refractivity contribution in [2.24, 2.45) is 11.8 Å². The number of hydrogen-bond donors (Lipinski definition) is 1. The van der Waals surface area contributed by atoms with E-state index in [2.05, 4.69) is 41.1 Å². The molecule has 0 bridgehead atoms. The Labute approximate surface area is 108 Å². The number of fused-ring (bicyclic) bond motifs is 1. The highest BCUT2D eigenvalue weighted by Crippen LogP contribution is 2.33. The molecule has 3 atom stereocenters. The minimum absolute atomic E-state index is 0.335. The maximum Gasteiger partial charge on any atom is 0.240 e. The van der Waals surface area contributed by atoms with E-state index in [0.29, 0.717) is 12.0 Å². The van der Waals surface area contributed by atoms with Crippen molar-refractivity contribution >= 4 is 0 Å². The second-order valence-corrected chi connectivity index (χ2v) is 5.95. The molecule has 0 amide bonds. The van der Waals surface area contributed by atoms with E-state index in [-0.39, 0.29) is 0 Å². The highest BCUT2D eigenvalue weighted by Gasteiger charge is 2.42. The summed E-state index contributed by atoms with van der Waals surface area (Å²) in [4.78, 5) is 6.95. The number of aromatic nitrogens is 2. The van der Waals surface area contributed by atoms with Crippen molar-refractivity contribution in [1.82, 2.24) is 20.4 Å². The summed E-state index contributed by atoms with van der Waals surface area (Å²) < 4.78 is 5.34. The quantitative estimate of drug-likeness (QED) is 0.874. The van der Waals surface area contributed by atoms with Gasteiger partial charge in [0, 0.05) is 18.5 Å². The monoisotopic (exact) mass is 250 g/mol. The topological polar surface area (TPSA) is 54.2 Å². The van der Waals surface area contributed by atoms with Crippen molar-refractivity contribution in [2.45, 2.75) is 39.3 Å². The fourth-order valence-corrected chi connectivity index (χ4v) is 3.21. The number of likely N-dealkylation sites (tertiary alicyclic amines) is 1. The summed E-state index contributed by atoms with van der Waals surface area (Å²) in [6.07, 6.45) is 0. The molecule has 100 valence electrons. The molecule has 0 radical (unpaired) electrons. The third-order valence-electron chi connectivity index (χ3n) is 4.40. The average molecular weight is 250 g/mol. The van der Waals surface area contributed by atoms with Crippen LogP contribution in [0.15, 0.2) is 4.52 Å². The molecule has 2 fully saturated rings. The minimum atomic E-state index is 0.335. The second-order valence-electron chi connectivity index (χ2n) is 5.95. The van der Waals surface area contributed by atoms with Crippen LogP contribution in [0.25, 0.3) is 0 Å². The largest absolute Gasteiger partial charge is 0.338 e. The highest BCUT2D eigenvalue weighted by molar-refractivity contribution is 4.99. The molecular formula is C13H22N4O. The van der Waals surface area contributed by atoms with Gasteiger partial charge in [0.25, 0.3) is 0 Å². The van der Waals surface area contributed by atoms with Crippen molar-refractivity contribution in [3.05, 3.63) is 11.7 Å². The van der Waals surface area contributed by atoms with Gasteiger partial charge in [0.1, 0.15) is 0 Å². The van der Waals surface area contributed by atoms with Crippen LogP contribution in [-0.4, -0.2) is 40.7 Å². The number of nitrogens with one attached hydrogen (secondary N) is 1. The van der Waals surface area contributed by atoms with Crippen LogP contribution in [0.4, 0.5) is 0 Å². The van der Waals surface area contributed by atoms with E-state index < -0.39 is 0 Å². The zero-order chi connectivity index (χ0) is 12.7. The fraction of sp³-hybridized carbons (Fsp3) is 0.846. The van der Waals surface area contributed by atoms with Crippen LogP contribution in [0.1, 0.15) is 38.4 Å². The summed E-state index contributed by atoms with van der Waals surface area (Å²) in [5.74, 6) is 3.50. The van der Waals surface area contributed by atoms with Gasteiger partial charge in [-0.05, 0) is 31.8 Å². The predicted molar refractivity (Wildman–Crippen MR) is 68.1 cm³/mol. The van der Waals surface area contributed by atoms with Gasteiger partial charge in [0.05, 0.1) is 6.54 Å². The molecule has 18 heavy (non-hydrogen) atoms. The molecule has 3 rings (SSSR count). The number of hydrogen-bond acceptors (Lipinski definition) is 5. The first-order chi connectivity index (χ1) is 8.65. The smallest absolute Gasteiger partial charge is 0.240 e. The maximum absolute atomic E-state index is 5.34. The summed E-state index contributed by atoms with van der Waals surface area (Å²) in [5.41, 5.74) is 0. The number of nitrogens with zero attached hydrogens (tertiary/aromatic N) is 3. The summed E-state index contributed by atoms with van der Waals surface area (Å²) in [7, 11) is 0. The summed E-state index contributed by atoms with van der Waals surface area (Å²) in [6, 6.07) is 0.611. The first-order valence-electron chi connectivity index (χ1n) is 6.92.